The molecule has 0 N–H and O–H groups in total. The molecule has 0 saturated carbocycles. The molecule has 0 amide bonds. The summed E-state index contributed by atoms with van der Waals surface area (Å²) in [4.78, 5) is 0. The molecule has 0 aromatic rings. The zero-order chi connectivity index (χ0) is 14.2. The third-order valence-corrected chi connectivity index (χ3v) is 8.90. The van der Waals surface area contributed by atoms with Crippen LogP contribution in [-0.4, -0.2) is 24.9 Å². The first-order chi connectivity index (χ1) is 7.26. The van der Waals surface area contributed by atoms with Crippen molar-refractivity contribution in [3.05, 3.63) is 0 Å². The number of alkyl halides is 4. The minimum atomic E-state index is -3.41. The summed E-state index contributed by atoms with van der Waals surface area (Å²) in [6, 6.07) is -0.0658. The summed E-state index contributed by atoms with van der Waals surface area (Å²) in [6.45, 7) is 10.6. The van der Waals surface area contributed by atoms with Gasteiger partial charge in [0, 0.05) is 12.1 Å². The van der Waals surface area contributed by atoms with Crippen LogP contribution in [0.15, 0.2) is 0 Å². The van der Waals surface area contributed by atoms with E-state index in [1.54, 1.807) is 4.67 Å². The van der Waals surface area contributed by atoms with Crippen LogP contribution in [-0.2, 0) is 4.57 Å². The van der Waals surface area contributed by atoms with Crippen LogP contribution in [0.4, 0.5) is 0 Å². The van der Waals surface area contributed by atoms with Gasteiger partial charge in [0.1, 0.15) is 0 Å². The standard InChI is InChI=1S/C10H20Cl4NOP/c1-7(2)15(8(3)4)17(16,9(5,11)12)10(6,13)14/h7-8H,1-6H3. The minimum Gasteiger partial charge on any atom is -0.300 e. The second kappa shape index (κ2) is 5.77. The Morgan fingerprint density at radius 3 is 1.18 bits per heavy atom. The summed E-state index contributed by atoms with van der Waals surface area (Å²) < 4.78 is 11.9. The first-order valence-corrected chi connectivity index (χ1v) is 8.58. The van der Waals surface area contributed by atoms with Crippen molar-refractivity contribution in [2.75, 3.05) is 0 Å². The van der Waals surface area contributed by atoms with Crippen LogP contribution in [0.5, 0.6) is 0 Å². The van der Waals surface area contributed by atoms with E-state index in [2.05, 4.69) is 0 Å². The highest BCUT2D eigenvalue weighted by molar-refractivity contribution is 7.72. The average Bonchev–Trinajstić information content (AvgIpc) is 1.97. The van der Waals surface area contributed by atoms with Crippen molar-refractivity contribution in [2.24, 2.45) is 0 Å². The Balaban J connectivity index is 5.89. The Bertz CT molecular complexity index is 280. The maximum Gasteiger partial charge on any atom is 0.219 e. The summed E-state index contributed by atoms with van der Waals surface area (Å²) in [7, 11) is -3.41. The molecule has 0 aromatic carbocycles. The second-order valence-electron chi connectivity index (χ2n) is 4.83. The molecule has 0 aromatic heterocycles. The van der Waals surface area contributed by atoms with Gasteiger partial charge < -0.3 is 4.57 Å². The second-order valence-corrected chi connectivity index (χ2v) is 12.7. The molecule has 0 saturated heterocycles. The quantitative estimate of drug-likeness (QED) is 0.472. The van der Waals surface area contributed by atoms with Crippen LogP contribution < -0.4 is 0 Å². The fourth-order valence-corrected chi connectivity index (χ4v) is 8.39. The maximum absolute atomic E-state index is 13.2. The van der Waals surface area contributed by atoms with Gasteiger partial charge in [-0.2, -0.15) is 0 Å². The topological polar surface area (TPSA) is 20.3 Å². The van der Waals surface area contributed by atoms with Gasteiger partial charge in [-0.1, -0.05) is 46.4 Å². The summed E-state index contributed by atoms with van der Waals surface area (Å²) in [5.41, 5.74) is 0. The van der Waals surface area contributed by atoms with E-state index in [1.165, 1.54) is 13.8 Å². The summed E-state index contributed by atoms with van der Waals surface area (Å²) >= 11 is 24.4. The lowest BCUT2D eigenvalue weighted by Gasteiger charge is -2.46. The minimum absolute atomic E-state index is 0.0329. The summed E-state index contributed by atoms with van der Waals surface area (Å²) in [5, 5.41) is 0. The first-order valence-electron chi connectivity index (χ1n) is 5.41. The van der Waals surface area contributed by atoms with Crippen molar-refractivity contribution in [1.82, 2.24) is 4.67 Å². The lowest BCUT2D eigenvalue weighted by atomic mass is 10.3. The number of nitrogens with zero attached hydrogens (tertiary/aromatic N) is 1. The van der Waals surface area contributed by atoms with E-state index < -0.39 is 15.4 Å². The number of rotatable bonds is 5. The Morgan fingerprint density at radius 1 is 0.882 bits per heavy atom. The van der Waals surface area contributed by atoms with Gasteiger partial charge in [-0.3, -0.25) is 0 Å². The molecule has 104 valence electrons. The monoisotopic (exact) mass is 341 g/mol. The molecule has 0 aliphatic carbocycles. The van der Waals surface area contributed by atoms with Crippen molar-refractivity contribution in [3.8, 4) is 0 Å². The predicted octanol–water partition coefficient (Wildman–Crippen LogP) is 5.69. The number of hydrogen-bond acceptors (Lipinski definition) is 1. The molecule has 0 unspecified atom stereocenters. The SMILES string of the molecule is CC(C)N(C(C)C)P(=O)(C(C)(Cl)Cl)C(C)(Cl)Cl. The normalized spacial score (nSPS) is 15.1. The molecule has 0 radical (unpaired) electrons. The molecule has 0 heterocycles. The van der Waals surface area contributed by atoms with Crippen LogP contribution in [0.25, 0.3) is 0 Å². The summed E-state index contributed by atoms with van der Waals surface area (Å²) in [6.07, 6.45) is 0. The van der Waals surface area contributed by atoms with Gasteiger partial charge in [0.05, 0.1) is 0 Å². The molecule has 0 aliphatic heterocycles. The van der Waals surface area contributed by atoms with E-state index in [9.17, 15) is 4.57 Å². The lowest BCUT2D eigenvalue weighted by Crippen LogP contribution is -2.42. The fraction of sp³-hybridized carbons (Fsp3) is 1.00. The molecule has 0 rings (SSSR count). The third-order valence-electron chi connectivity index (χ3n) is 2.45. The van der Waals surface area contributed by atoms with E-state index in [0.29, 0.717) is 0 Å². The van der Waals surface area contributed by atoms with Gasteiger partial charge in [-0.15, -0.1) is 0 Å². The van der Waals surface area contributed by atoms with E-state index in [0.717, 1.165) is 0 Å². The maximum atomic E-state index is 13.2. The highest BCUT2D eigenvalue weighted by atomic mass is 35.5. The fourth-order valence-electron chi connectivity index (χ4n) is 2.00. The van der Waals surface area contributed by atoms with Crippen LogP contribution in [0, 0.1) is 0 Å². The van der Waals surface area contributed by atoms with E-state index >= 15 is 0 Å². The first kappa shape index (κ1) is 18.4. The highest BCUT2D eigenvalue weighted by Gasteiger charge is 2.58. The lowest BCUT2D eigenvalue weighted by molar-refractivity contribution is 0.294. The zero-order valence-corrected chi connectivity index (χ0v) is 14.9. The van der Waals surface area contributed by atoms with Crippen molar-refractivity contribution in [1.29, 1.82) is 0 Å². The largest absolute Gasteiger partial charge is 0.300 e. The Hall–Kier alpha value is 1.35. The van der Waals surface area contributed by atoms with Gasteiger partial charge in [0.2, 0.25) is 7.29 Å². The number of hydrogen-bond donors (Lipinski definition) is 0. The Morgan fingerprint density at radius 2 is 1.12 bits per heavy atom. The summed E-state index contributed by atoms with van der Waals surface area (Å²) in [5.74, 6) is 0. The van der Waals surface area contributed by atoms with Gasteiger partial charge in [0.25, 0.3) is 0 Å². The molecule has 0 aliphatic rings. The van der Waals surface area contributed by atoms with Gasteiger partial charge in [-0.25, -0.2) is 4.67 Å². The van der Waals surface area contributed by atoms with Crippen LogP contribution in [0.2, 0.25) is 0 Å². The van der Waals surface area contributed by atoms with Crippen molar-refractivity contribution in [2.45, 2.75) is 61.8 Å². The van der Waals surface area contributed by atoms with E-state index in [4.69, 9.17) is 46.4 Å². The van der Waals surface area contributed by atoms with Crippen LogP contribution in [0.1, 0.15) is 41.5 Å². The molecule has 7 heteroatoms. The molecule has 0 atom stereocenters. The molecule has 0 spiro atoms. The van der Waals surface area contributed by atoms with Crippen LogP contribution >= 0.6 is 53.7 Å². The average molecular weight is 343 g/mol. The number of halogens is 4. The zero-order valence-electron chi connectivity index (χ0n) is 11.0. The molecular weight excluding hydrogens is 323 g/mol. The van der Waals surface area contributed by atoms with Crippen molar-refractivity contribution < 1.29 is 4.57 Å². The Kier molecular flexibility index (Phi) is 6.23. The highest BCUT2D eigenvalue weighted by Crippen LogP contribution is 2.76. The molecule has 0 fully saturated rings. The Labute approximate surface area is 124 Å². The van der Waals surface area contributed by atoms with Gasteiger partial charge >= 0.3 is 0 Å². The van der Waals surface area contributed by atoms with Gasteiger partial charge in [-0.05, 0) is 41.5 Å². The van der Waals surface area contributed by atoms with Crippen LogP contribution in [0.3, 0.4) is 0 Å². The smallest absolute Gasteiger partial charge is 0.219 e. The van der Waals surface area contributed by atoms with E-state index in [1.807, 2.05) is 27.7 Å². The van der Waals surface area contributed by atoms with Crippen molar-refractivity contribution >= 4 is 53.7 Å². The van der Waals surface area contributed by atoms with Gasteiger partial charge in [0.15, 0.2) is 8.15 Å². The van der Waals surface area contributed by atoms with Crippen molar-refractivity contribution in [3.63, 3.8) is 0 Å². The molecular formula is C10H20Cl4NOP. The third kappa shape index (κ3) is 3.68. The predicted molar refractivity (Wildman–Crippen MR) is 79.9 cm³/mol. The molecule has 17 heavy (non-hydrogen) atoms. The molecule has 2 nitrogen and oxygen atoms in total. The molecule has 0 bridgehead atoms. The van der Waals surface area contributed by atoms with E-state index in [-0.39, 0.29) is 12.1 Å².